The minimum atomic E-state index is -0.497. The first kappa shape index (κ1) is 18.1. The zero-order valence-corrected chi connectivity index (χ0v) is 14.3. The lowest BCUT2D eigenvalue weighted by atomic mass is 10.2. The molecular weight excluding hydrogens is 320 g/mol. The van der Waals surface area contributed by atoms with Gasteiger partial charge in [0.1, 0.15) is 22.9 Å². The maximum Gasteiger partial charge on any atom is 0.260 e. The lowest BCUT2D eigenvalue weighted by Crippen LogP contribution is -2.17. The molecule has 0 unspecified atom stereocenters. The quantitative estimate of drug-likeness (QED) is 0.475. The first-order valence-corrected chi connectivity index (χ1v) is 7.58. The summed E-state index contributed by atoms with van der Waals surface area (Å²) in [5, 5.41) is 12.6. The van der Waals surface area contributed by atoms with Crippen LogP contribution in [0.4, 0.5) is 11.4 Å². The van der Waals surface area contributed by atoms with Crippen LogP contribution in [0, 0.1) is 0 Å². The van der Waals surface area contributed by atoms with Crippen molar-refractivity contribution in [1.82, 2.24) is 0 Å². The number of allylic oxidation sites excluding steroid dienone is 1. The maximum atomic E-state index is 12.5. The molecule has 0 aliphatic carbocycles. The molecule has 25 heavy (non-hydrogen) atoms. The molecule has 0 saturated carbocycles. The van der Waals surface area contributed by atoms with Gasteiger partial charge in [0.25, 0.3) is 5.91 Å². The second kappa shape index (κ2) is 8.54. The first-order chi connectivity index (χ1) is 12.1. The Kier molecular flexibility index (Phi) is 6.17. The van der Waals surface area contributed by atoms with Gasteiger partial charge in [0.15, 0.2) is 0 Å². The lowest BCUT2D eigenvalue weighted by molar-refractivity contribution is -0.112. The SMILES string of the molecule is COc1ccccc1N=C/C(C(=O)Nc1ccccc1OC)=C(/C)O. The van der Waals surface area contributed by atoms with E-state index in [1.54, 1.807) is 42.5 Å². The van der Waals surface area contributed by atoms with E-state index in [1.165, 1.54) is 27.4 Å². The monoisotopic (exact) mass is 340 g/mol. The van der Waals surface area contributed by atoms with Crippen LogP contribution in [-0.2, 0) is 4.79 Å². The molecule has 2 N–H and O–H groups in total. The van der Waals surface area contributed by atoms with Crippen molar-refractivity contribution in [2.45, 2.75) is 6.92 Å². The number of ether oxygens (including phenoxy) is 2. The van der Waals surface area contributed by atoms with E-state index in [0.29, 0.717) is 22.9 Å². The van der Waals surface area contributed by atoms with E-state index in [9.17, 15) is 9.90 Å². The van der Waals surface area contributed by atoms with Gasteiger partial charge in [0.2, 0.25) is 0 Å². The molecule has 0 bridgehead atoms. The molecule has 0 radical (unpaired) electrons. The Balaban J connectivity index is 2.25. The van der Waals surface area contributed by atoms with Crippen LogP contribution in [-0.4, -0.2) is 31.4 Å². The van der Waals surface area contributed by atoms with E-state index >= 15 is 0 Å². The number of nitrogens with zero attached hydrogens (tertiary/aromatic N) is 1. The highest BCUT2D eigenvalue weighted by Gasteiger charge is 2.14. The van der Waals surface area contributed by atoms with Crippen molar-refractivity contribution < 1.29 is 19.4 Å². The molecule has 0 aliphatic heterocycles. The number of benzene rings is 2. The number of methoxy groups -OCH3 is 2. The van der Waals surface area contributed by atoms with Crippen LogP contribution in [0.2, 0.25) is 0 Å². The first-order valence-electron chi connectivity index (χ1n) is 7.58. The Bertz CT molecular complexity index is 809. The van der Waals surface area contributed by atoms with Gasteiger partial charge in [-0.2, -0.15) is 0 Å². The summed E-state index contributed by atoms with van der Waals surface area (Å²) in [6.45, 7) is 1.42. The third kappa shape index (κ3) is 4.60. The van der Waals surface area contributed by atoms with E-state index < -0.39 is 5.91 Å². The van der Waals surface area contributed by atoms with Crippen molar-refractivity contribution in [3.8, 4) is 11.5 Å². The van der Waals surface area contributed by atoms with Crippen LogP contribution in [0.5, 0.6) is 11.5 Å². The molecule has 0 atom stereocenters. The van der Waals surface area contributed by atoms with Gasteiger partial charge in [-0.05, 0) is 31.2 Å². The van der Waals surface area contributed by atoms with E-state index in [2.05, 4.69) is 10.3 Å². The normalized spacial score (nSPS) is 11.8. The minimum absolute atomic E-state index is 0.0387. The highest BCUT2D eigenvalue weighted by Crippen LogP contribution is 2.27. The summed E-state index contributed by atoms with van der Waals surface area (Å²) in [6, 6.07) is 14.1. The van der Waals surface area contributed by atoms with E-state index in [-0.39, 0.29) is 11.3 Å². The van der Waals surface area contributed by atoms with Crippen LogP contribution in [0.3, 0.4) is 0 Å². The average molecular weight is 340 g/mol. The highest BCUT2D eigenvalue weighted by atomic mass is 16.5. The molecular formula is C19H20N2O4. The predicted molar refractivity (Wildman–Crippen MR) is 98.1 cm³/mol. The molecule has 0 spiro atoms. The Morgan fingerprint density at radius 3 is 2.28 bits per heavy atom. The second-order valence-corrected chi connectivity index (χ2v) is 5.08. The second-order valence-electron chi connectivity index (χ2n) is 5.08. The zero-order chi connectivity index (χ0) is 18.2. The number of nitrogens with one attached hydrogen (secondary N) is 1. The average Bonchev–Trinajstić information content (AvgIpc) is 2.62. The van der Waals surface area contributed by atoms with E-state index in [4.69, 9.17) is 9.47 Å². The minimum Gasteiger partial charge on any atom is -0.512 e. The topological polar surface area (TPSA) is 80.2 Å². The largest absolute Gasteiger partial charge is 0.512 e. The molecule has 6 heteroatoms. The number of hydrogen-bond donors (Lipinski definition) is 2. The van der Waals surface area contributed by atoms with Gasteiger partial charge in [0, 0.05) is 6.21 Å². The third-order valence-electron chi connectivity index (χ3n) is 3.41. The van der Waals surface area contributed by atoms with Gasteiger partial charge in [-0.1, -0.05) is 24.3 Å². The van der Waals surface area contributed by atoms with Crippen molar-refractivity contribution in [3.05, 3.63) is 59.9 Å². The number of anilines is 1. The maximum absolute atomic E-state index is 12.5. The fourth-order valence-electron chi connectivity index (χ4n) is 2.12. The van der Waals surface area contributed by atoms with Gasteiger partial charge in [-0.3, -0.25) is 9.79 Å². The number of aliphatic hydroxyl groups is 1. The number of carbonyl (C=O) groups is 1. The molecule has 0 aliphatic rings. The summed E-state index contributed by atoms with van der Waals surface area (Å²) in [7, 11) is 3.05. The van der Waals surface area contributed by atoms with Crippen LogP contribution in [0.25, 0.3) is 0 Å². The van der Waals surface area contributed by atoms with Gasteiger partial charge >= 0.3 is 0 Å². The van der Waals surface area contributed by atoms with Crippen LogP contribution < -0.4 is 14.8 Å². The fourth-order valence-corrected chi connectivity index (χ4v) is 2.12. The predicted octanol–water partition coefficient (Wildman–Crippen LogP) is 3.88. The van der Waals surface area contributed by atoms with Crippen molar-refractivity contribution in [2.24, 2.45) is 4.99 Å². The van der Waals surface area contributed by atoms with Gasteiger partial charge in [-0.15, -0.1) is 0 Å². The summed E-state index contributed by atoms with van der Waals surface area (Å²) in [6.07, 6.45) is 1.30. The van der Waals surface area contributed by atoms with Crippen molar-refractivity contribution in [3.63, 3.8) is 0 Å². The van der Waals surface area contributed by atoms with E-state index in [1.807, 2.05) is 6.07 Å². The number of para-hydroxylation sites is 4. The Hall–Kier alpha value is -3.28. The van der Waals surface area contributed by atoms with Crippen LogP contribution in [0.1, 0.15) is 6.92 Å². The summed E-state index contributed by atoms with van der Waals surface area (Å²) >= 11 is 0. The summed E-state index contributed by atoms with van der Waals surface area (Å²) in [5.74, 6) is 0.445. The van der Waals surface area contributed by atoms with Crippen molar-refractivity contribution in [1.29, 1.82) is 0 Å². The zero-order valence-electron chi connectivity index (χ0n) is 14.3. The number of carbonyl (C=O) groups excluding carboxylic acids is 1. The number of amides is 1. The van der Waals surface area contributed by atoms with Crippen LogP contribution >= 0.6 is 0 Å². The molecule has 1 amide bonds. The van der Waals surface area contributed by atoms with E-state index in [0.717, 1.165) is 0 Å². The molecule has 6 nitrogen and oxygen atoms in total. The smallest absolute Gasteiger partial charge is 0.260 e. The standard InChI is InChI=1S/C19H20N2O4/c1-13(22)14(12-20-15-8-4-6-10-17(15)24-2)19(23)21-16-9-5-7-11-18(16)25-3/h4-12,22H,1-3H3,(H,21,23)/b14-13+,20-12?. The summed E-state index contributed by atoms with van der Waals surface area (Å²) < 4.78 is 10.4. The third-order valence-corrected chi connectivity index (χ3v) is 3.41. The highest BCUT2D eigenvalue weighted by molar-refractivity contribution is 6.18. The molecule has 130 valence electrons. The number of aliphatic imine (C=N–C) groups is 1. The van der Waals surface area contributed by atoms with Gasteiger partial charge < -0.3 is 19.9 Å². The number of hydrogen-bond acceptors (Lipinski definition) is 5. The molecule has 0 saturated heterocycles. The number of aliphatic hydroxyl groups excluding tert-OH is 1. The Morgan fingerprint density at radius 2 is 1.64 bits per heavy atom. The summed E-state index contributed by atoms with van der Waals surface area (Å²) in [5.41, 5.74) is 1.09. The molecule has 2 aromatic carbocycles. The fraction of sp³-hybridized carbons (Fsp3) is 0.158. The van der Waals surface area contributed by atoms with Gasteiger partial charge in [0.05, 0.1) is 25.5 Å². The molecule has 0 aromatic heterocycles. The Labute approximate surface area is 146 Å². The molecule has 0 heterocycles. The van der Waals surface area contributed by atoms with Crippen molar-refractivity contribution >= 4 is 23.5 Å². The molecule has 2 aromatic rings. The van der Waals surface area contributed by atoms with Crippen molar-refractivity contribution in [2.75, 3.05) is 19.5 Å². The Morgan fingerprint density at radius 1 is 1.04 bits per heavy atom. The number of rotatable bonds is 6. The van der Waals surface area contributed by atoms with Gasteiger partial charge in [-0.25, -0.2) is 0 Å². The van der Waals surface area contributed by atoms with Crippen LogP contribution in [0.15, 0.2) is 64.9 Å². The lowest BCUT2D eigenvalue weighted by Gasteiger charge is -2.10. The molecule has 0 fully saturated rings. The summed E-state index contributed by atoms with van der Waals surface area (Å²) in [4.78, 5) is 16.7. The molecule has 2 rings (SSSR count).